The van der Waals surface area contributed by atoms with E-state index in [1.54, 1.807) is 17.0 Å². The highest BCUT2D eigenvalue weighted by Crippen LogP contribution is 2.30. The van der Waals surface area contributed by atoms with Crippen molar-refractivity contribution in [1.29, 1.82) is 0 Å². The number of halogens is 2. The van der Waals surface area contributed by atoms with E-state index in [2.05, 4.69) is 0 Å². The summed E-state index contributed by atoms with van der Waals surface area (Å²) in [5.41, 5.74) is 1.51. The van der Waals surface area contributed by atoms with Crippen LogP contribution in [0, 0.1) is 18.6 Å². The third-order valence-electron chi connectivity index (χ3n) is 4.91. The van der Waals surface area contributed by atoms with Crippen LogP contribution in [-0.4, -0.2) is 60.7 Å². The van der Waals surface area contributed by atoms with E-state index in [0.29, 0.717) is 54.3 Å². The van der Waals surface area contributed by atoms with E-state index >= 15 is 0 Å². The first-order valence-electron chi connectivity index (χ1n) is 10.0. The van der Waals surface area contributed by atoms with Gasteiger partial charge in [-0.15, -0.1) is 11.8 Å². The summed E-state index contributed by atoms with van der Waals surface area (Å²) in [6, 6.07) is 6.71. The molecule has 0 aliphatic heterocycles. The first kappa shape index (κ1) is 25.5. The predicted molar refractivity (Wildman–Crippen MR) is 120 cm³/mol. The topological polar surface area (TPSA) is 76.1 Å². The van der Waals surface area contributed by atoms with Crippen LogP contribution in [-0.2, 0) is 11.2 Å². The SMILES string of the molecule is COc1cc(C(=O)N(CCCc2ccc(F)cc2F)CCSCC(=O)O)cc(OC)c1C. The summed E-state index contributed by atoms with van der Waals surface area (Å²) in [7, 11) is 3.02. The molecule has 0 unspecified atom stereocenters. The Bertz CT molecular complexity index is 929. The number of nitrogens with zero attached hydrogens (tertiary/aromatic N) is 1. The number of benzene rings is 2. The van der Waals surface area contributed by atoms with Gasteiger partial charge in [-0.2, -0.15) is 0 Å². The first-order chi connectivity index (χ1) is 15.3. The zero-order valence-corrected chi connectivity index (χ0v) is 19.1. The second-order valence-electron chi connectivity index (χ2n) is 7.08. The van der Waals surface area contributed by atoms with Crippen LogP contribution in [0.1, 0.15) is 27.9 Å². The van der Waals surface area contributed by atoms with E-state index in [0.717, 1.165) is 11.6 Å². The van der Waals surface area contributed by atoms with Gasteiger partial charge in [-0.25, -0.2) is 8.78 Å². The highest BCUT2D eigenvalue weighted by atomic mass is 32.2. The first-order valence-corrected chi connectivity index (χ1v) is 11.2. The number of ether oxygens (including phenoxy) is 2. The summed E-state index contributed by atoms with van der Waals surface area (Å²) in [6.45, 7) is 2.46. The Balaban J connectivity index is 2.16. The molecule has 0 radical (unpaired) electrons. The van der Waals surface area contributed by atoms with Gasteiger partial charge in [0.15, 0.2) is 0 Å². The van der Waals surface area contributed by atoms with Crippen LogP contribution in [0.15, 0.2) is 30.3 Å². The molecule has 0 bridgehead atoms. The van der Waals surface area contributed by atoms with Crippen LogP contribution in [0.3, 0.4) is 0 Å². The number of rotatable bonds is 12. The zero-order valence-electron chi connectivity index (χ0n) is 18.3. The standard InChI is InChI=1S/C23H27F2NO5S/c1-15-20(30-2)11-17(12-21(15)31-3)23(29)26(9-10-32-14-22(27)28)8-4-5-16-6-7-18(24)13-19(16)25/h6-7,11-13H,4-5,8-10,14H2,1-3H3,(H,27,28). The summed E-state index contributed by atoms with van der Waals surface area (Å²) in [6.07, 6.45) is 0.788. The van der Waals surface area contributed by atoms with Crippen molar-refractivity contribution in [2.45, 2.75) is 19.8 Å². The molecule has 0 heterocycles. The van der Waals surface area contributed by atoms with Gasteiger partial charge in [0.25, 0.3) is 5.91 Å². The minimum atomic E-state index is -0.923. The molecule has 2 rings (SSSR count). The second-order valence-corrected chi connectivity index (χ2v) is 8.19. The molecule has 0 atom stereocenters. The lowest BCUT2D eigenvalue weighted by Gasteiger charge is -2.24. The Hall–Kier alpha value is -2.81. The summed E-state index contributed by atoms with van der Waals surface area (Å²) >= 11 is 1.21. The fraction of sp³-hybridized carbons (Fsp3) is 0.391. The number of aryl methyl sites for hydroxylation is 1. The van der Waals surface area contributed by atoms with Gasteiger partial charge in [0, 0.05) is 36.0 Å². The molecular formula is C23H27F2NO5S. The number of hydrogen-bond donors (Lipinski definition) is 1. The van der Waals surface area contributed by atoms with Crippen molar-refractivity contribution in [3.05, 3.63) is 58.7 Å². The summed E-state index contributed by atoms with van der Waals surface area (Å²) in [5.74, 6) is -1.04. The van der Waals surface area contributed by atoms with Crippen molar-refractivity contribution < 1.29 is 33.0 Å². The van der Waals surface area contributed by atoms with Gasteiger partial charge >= 0.3 is 5.97 Å². The van der Waals surface area contributed by atoms with Gasteiger partial charge < -0.3 is 19.5 Å². The van der Waals surface area contributed by atoms with E-state index in [4.69, 9.17) is 14.6 Å². The number of carboxylic acid groups (broad SMARTS) is 1. The van der Waals surface area contributed by atoms with Gasteiger partial charge in [-0.3, -0.25) is 9.59 Å². The Labute approximate surface area is 190 Å². The van der Waals surface area contributed by atoms with E-state index in [9.17, 15) is 18.4 Å². The van der Waals surface area contributed by atoms with Gasteiger partial charge in [-0.1, -0.05) is 6.07 Å². The highest BCUT2D eigenvalue weighted by Gasteiger charge is 2.20. The molecule has 0 aliphatic carbocycles. The lowest BCUT2D eigenvalue weighted by atomic mass is 10.1. The summed E-state index contributed by atoms with van der Waals surface area (Å²) in [5, 5.41) is 8.83. The van der Waals surface area contributed by atoms with Crippen molar-refractivity contribution in [3.63, 3.8) is 0 Å². The Morgan fingerprint density at radius 2 is 1.72 bits per heavy atom. The largest absolute Gasteiger partial charge is 0.496 e. The molecule has 32 heavy (non-hydrogen) atoms. The highest BCUT2D eigenvalue weighted by molar-refractivity contribution is 7.99. The Morgan fingerprint density at radius 1 is 1.06 bits per heavy atom. The number of carbonyl (C=O) groups is 2. The average molecular weight is 468 g/mol. The Kier molecular flexibility index (Phi) is 9.77. The number of methoxy groups -OCH3 is 2. The van der Waals surface area contributed by atoms with Crippen LogP contribution in [0.25, 0.3) is 0 Å². The van der Waals surface area contributed by atoms with Crippen LogP contribution < -0.4 is 9.47 Å². The number of thioether (sulfide) groups is 1. The van der Waals surface area contributed by atoms with Crippen molar-refractivity contribution in [3.8, 4) is 11.5 Å². The molecule has 0 aliphatic rings. The fourth-order valence-corrected chi connectivity index (χ4v) is 3.89. The molecule has 1 N–H and O–H groups in total. The minimum absolute atomic E-state index is 0.0605. The van der Waals surface area contributed by atoms with Gasteiger partial charge in [0.2, 0.25) is 0 Å². The van der Waals surface area contributed by atoms with Gasteiger partial charge in [0.05, 0.1) is 20.0 Å². The van der Waals surface area contributed by atoms with Crippen LogP contribution in [0.2, 0.25) is 0 Å². The fourth-order valence-electron chi connectivity index (χ4n) is 3.23. The van der Waals surface area contributed by atoms with E-state index in [1.165, 1.54) is 38.1 Å². The number of aliphatic carboxylic acids is 1. The zero-order chi connectivity index (χ0) is 23.7. The van der Waals surface area contributed by atoms with Crippen molar-refractivity contribution in [1.82, 2.24) is 4.90 Å². The summed E-state index contributed by atoms with van der Waals surface area (Å²) < 4.78 is 37.7. The minimum Gasteiger partial charge on any atom is -0.496 e. The maximum Gasteiger partial charge on any atom is 0.313 e. The second kappa shape index (κ2) is 12.3. The summed E-state index contributed by atoms with van der Waals surface area (Å²) in [4.78, 5) is 25.6. The lowest BCUT2D eigenvalue weighted by molar-refractivity contribution is -0.133. The van der Waals surface area contributed by atoms with Gasteiger partial charge in [0.1, 0.15) is 23.1 Å². The van der Waals surface area contributed by atoms with Crippen LogP contribution in [0.5, 0.6) is 11.5 Å². The lowest BCUT2D eigenvalue weighted by Crippen LogP contribution is -2.34. The third-order valence-corrected chi connectivity index (χ3v) is 5.83. The molecule has 174 valence electrons. The molecule has 2 aromatic carbocycles. The maximum atomic E-state index is 13.9. The van der Waals surface area contributed by atoms with Crippen LogP contribution >= 0.6 is 11.8 Å². The van der Waals surface area contributed by atoms with E-state index in [1.807, 2.05) is 6.92 Å². The molecule has 0 spiro atoms. The molecule has 0 fully saturated rings. The monoisotopic (exact) mass is 467 g/mol. The molecule has 0 saturated carbocycles. The number of amides is 1. The third kappa shape index (κ3) is 7.12. The molecule has 9 heteroatoms. The smallest absolute Gasteiger partial charge is 0.313 e. The Morgan fingerprint density at radius 3 is 2.28 bits per heavy atom. The molecule has 0 aromatic heterocycles. The number of hydrogen-bond acceptors (Lipinski definition) is 5. The molecule has 6 nitrogen and oxygen atoms in total. The van der Waals surface area contributed by atoms with Gasteiger partial charge in [-0.05, 0) is 43.5 Å². The van der Waals surface area contributed by atoms with Crippen molar-refractivity contribution in [2.24, 2.45) is 0 Å². The molecule has 2 aromatic rings. The predicted octanol–water partition coefficient (Wildman–Crippen LogP) is 4.18. The van der Waals surface area contributed by atoms with Crippen molar-refractivity contribution >= 4 is 23.6 Å². The number of carbonyl (C=O) groups excluding carboxylic acids is 1. The van der Waals surface area contributed by atoms with E-state index in [-0.39, 0.29) is 11.7 Å². The molecule has 0 saturated heterocycles. The normalized spacial score (nSPS) is 10.7. The molecule has 1 amide bonds. The maximum absolute atomic E-state index is 13.9. The average Bonchev–Trinajstić information content (AvgIpc) is 2.76. The quantitative estimate of drug-likeness (QED) is 0.472. The molecular weight excluding hydrogens is 440 g/mol. The number of carboxylic acids is 1. The van der Waals surface area contributed by atoms with Crippen molar-refractivity contribution in [2.75, 3.05) is 38.8 Å². The van der Waals surface area contributed by atoms with Crippen LogP contribution in [0.4, 0.5) is 8.78 Å². The van der Waals surface area contributed by atoms with E-state index < -0.39 is 17.6 Å².